The number of nitrogens with one attached hydrogen (secondary N) is 1. The zero-order valence-corrected chi connectivity index (χ0v) is 12.2. The van der Waals surface area contributed by atoms with Crippen LogP contribution in [0.25, 0.3) is 0 Å². The summed E-state index contributed by atoms with van der Waals surface area (Å²) >= 11 is 0. The number of unbranched alkanes of at least 4 members (excludes halogenated alkanes) is 3. The molecule has 0 radical (unpaired) electrons. The van der Waals surface area contributed by atoms with Gasteiger partial charge in [-0.3, -0.25) is 4.79 Å². The summed E-state index contributed by atoms with van der Waals surface area (Å²) < 4.78 is 0. The number of nitrogens with zero attached hydrogens (tertiary/aromatic N) is 1. The summed E-state index contributed by atoms with van der Waals surface area (Å²) in [6.07, 6.45) is 8.64. The number of rotatable bonds is 12. The zero-order chi connectivity index (χ0) is 13.6. The van der Waals surface area contributed by atoms with Crippen molar-refractivity contribution in [1.82, 2.24) is 10.2 Å². The van der Waals surface area contributed by atoms with Crippen molar-refractivity contribution in [2.45, 2.75) is 52.4 Å². The second-order valence-corrected chi connectivity index (χ2v) is 4.75. The molecule has 0 aliphatic rings. The second-order valence-electron chi connectivity index (χ2n) is 4.75. The van der Waals surface area contributed by atoms with Crippen LogP contribution < -0.4 is 5.32 Å². The molecule has 0 saturated carbocycles. The first kappa shape index (κ1) is 17.2. The van der Waals surface area contributed by atoms with Crippen molar-refractivity contribution in [3.05, 3.63) is 12.7 Å². The van der Waals surface area contributed by atoms with E-state index in [2.05, 4.69) is 30.6 Å². The molecule has 3 heteroatoms. The third-order valence-electron chi connectivity index (χ3n) is 3.04. The van der Waals surface area contributed by atoms with Crippen LogP contribution in [0.4, 0.5) is 0 Å². The smallest absolute Gasteiger partial charge is 0.243 e. The Morgan fingerprint density at radius 2 is 1.61 bits per heavy atom. The summed E-state index contributed by atoms with van der Waals surface area (Å²) in [5.74, 6) is -0.0659. The summed E-state index contributed by atoms with van der Waals surface area (Å²) in [5, 5.41) is 2.82. The van der Waals surface area contributed by atoms with Crippen molar-refractivity contribution < 1.29 is 4.79 Å². The Labute approximate surface area is 113 Å². The quantitative estimate of drug-likeness (QED) is 0.429. The Morgan fingerprint density at radius 1 is 1.06 bits per heavy atom. The van der Waals surface area contributed by atoms with Crippen molar-refractivity contribution in [2.75, 3.05) is 26.2 Å². The van der Waals surface area contributed by atoms with Crippen LogP contribution in [0.5, 0.6) is 0 Å². The lowest BCUT2D eigenvalue weighted by atomic mass is 10.2. The standard InChI is InChI=1S/C15H30N2O/c1-4-7-12-17(13-8-5-2)14-10-9-11-16-15(18)6-3/h6H,3-5,7-14H2,1-2H3,(H,16,18). The predicted octanol–water partition coefficient (Wildman–Crippen LogP) is 2.97. The highest BCUT2D eigenvalue weighted by atomic mass is 16.1. The van der Waals surface area contributed by atoms with E-state index in [1.54, 1.807) is 0 Å². The fourth-order valence-electron chi connectivity index (χ4n) is 1.84. The van der Waals surface area contributed by atoms with Crippen LogP contribution in [0, 0.1) is 0 Å². The molecule has 18 heavy (non-hydrogen) atoms. The molecule has 0 aromatic heterocycles. The third kappa shape index (κ3) is 10.3. The maximum atomic E-state index is 11.0. The molecule has 1 N–H and O–H groups in total. The summed E-state index contributed by atoms with van der Waals surface area (Å²) in [4.78, 5) is 13.5. The van der Waals surface area contributed by atoms with E-state index in [0.29, 0.717) is 0 Å². The Bertz CT molecular complexity index is 209. The van der Waals surface area contributed by atoms with Crippen LogP contribution in [0.1, 0.15) is 52.4 Å². The summed E-state index contributed by atoms with van der Waals surface area (Å²) in [6.45, 7) is 12.3. The van der Waals surface area contributed by atoms with Crippen molar-refractivity contribution in [3.8, 4) is 0 Å². The van der Waals surface area contributed by atoms with E-state index in [1.807, 2.05) is 0 Å². The number of hydrogen-bond acceptors (Lipinski definition) is 2. The number of amides is 1. The lowest BCUT2D eigenvalue weighted by Gasteiger charge is -2.21. The van der Waals surface area contributed by atoms with Gasteiger partial charge in [0.05, 0.1) is 0 Å². The molecular weight excluding hydrogens is 224 g/mol. The summed E-state index contributed by atoms with van der Waals surface area (Å²) in [7, 11) is 0. The van der Waals surface area contributed by atoms with E-state index in [-0.39, 0.29) is 5.91 Å². The number of carbonyl (C=O) groups is 1. The van der Waals surface area contributed by atoms with E-state index in [9.17, 15) is 4.79 Å². The van der Waals surface area contributed by atoms with Crippen molar-refractivity contribution >= 4 is 5.91 Å². The first-order valence-corrected chi connectivity index (χ1v) is 7.37. The van der Waals surface area contributed by atoms with E-state index in [1.165, 1.54) is 44.8 Å². The SMILES string of the molecule is C=CC(=O)NCCCCN(CCCC)CCCC. The molecule has 106 valence electrons. The maximum absolute atomic E-state index is 11.0. The molecule has 0 spiro atoms. The third-order valence-corrected chi connectivity index (χ3v) is 3.04. The minimum Gasteiger partial charge on any atom is -0.353 e. The Hall–Kier alpha value is -0.830. The van der Waals surface area contributed by atoms with Gasteiger partial charge >= 0.3 is 0 Å². The summed E-state index contributed by atoms with van der Waals surface area (Å²) in [5.41, 5.74) is 0. The van der Waals surface area contributed by atoms with Gasteiger partial charge in [0.15, 0.2) is 0 Å². The van der Waals surface area contributed by atoms with Crippen molar-refractivity contribution in [2.24, 2.45) is 0 Å². The largest absolute Gasteiger partial charge is 0.353 e. The molecule has 0 aromatic rings. The highest BCUT2D eigenvalue weighted by molar-refractivity contribution is 5.86. The molecule has 0 rings (SSSR count). The van der Waals surface area contributed by atoms with Crippen LogP contribution >= 0.6 is 0 Å². The van der Waals surface area contributed by atoms with E-state index in [4.69, 9.17) is 0 Å². The highest BCUT2D eigenvalue weighted by Crippen LogP contribution is 2.01. The van der Waals surface area contributed by atoms with Gasteiger partial charge in [0.1, 0.15) is 0 Å². The molecule has 0 saturated heterocycles. The topological polar surface area (TPSA) is 32.3 Å². The zero-order valence-electron chi connectivity index (χ0n) is 12.2. The maximum Gasteiger partial charge on any atom is 0.243 e. The lowest BCUT2D eigenvalue weighted by Crippen LogP contribution is -2.28. The molecule has 0 atom stereocenters. The minimum absolute atomic E-state index is 0.0659. The van der Waals surface area contributed by atoms with Gasteiger partial charge < -0.3 is 10.2 Å². The monoisotopic (exact) mass is 254 g/mol. The van der Waals surface area contributed by atoms with Gasteiger partial charge in [-0.2, -0.15) is 0 Å². The van der Waals surface area contributed by atoms with E-state index in [0.717, 1.165) is 25.9 Å². The van der Waals surface area contributed by atoms with E-state index < -0.39 is 0 Å². The van der Waals surface area contributed by atoms with Gasteiger partial charge in [0.25, 0.3) is 0 Å². The number of hydrogen-bond donors (Lipinski definition) is 1. The molecule has 0 bridgehead atoms. The van der Waals surface area contributed by atoms with E-state index >= 15 is 0 Å². The molecular formula is C15H30N2O. The number of carbonyl (C=O) groups excluding carboxylic acids is 1. The molecule has 0 aromatic carbocycles. The Kier molecular flexibility index (Phi) is 12.0. The molecule has 3 nitrogen and oxygen atoms in total. The van der Waals surface area contributed by atoms with Crippen molar-refractivity contribution in [3.63, 3.8) is 0 Å². The Balaban J connectivity index is 3.60. The fraction of sp³-hybridized carbons (Fsp3) is 0.800. The normalized spacial score (nSPS) is 10.6. The molecule has 0 fully saturated rings. The van der Waals surface area contributed by atoms with Crippen LogP contribution in [-0.2, 0) is 4.79 Å². The van der Waals surface area contributed by atoms with Gasteiger partial charge in [-0.25, -0.2) is 0 Å². The average molecular weight is 254 g/mol. The van der Waals surface area contributed by atoms with Gasteiger partial charge in [-0.05, 0) is 51.4 Å². The highest BCUT2D eigenvalue weighted by Gasteiger charge is 2.03. The molecule has 0 unspecified atom stereocenters. The van der Waals surface area contributed by atoms with Crippen LogP contribution in [0.15, 0.2) is 12.7 Å². The molecule has 0 aliphatic heterocycles. The Morgan fingerprint density at radius 3 is 2.11 bits per heavy atom. The minimum atomic E-state index is -0.0659. The second kappa shape index (κ2) is 12.6. The molecule has 1 amide bonds. The van der Waals surface area contributed by atoms with Gasteiger partial charge in [0, 0.05) is 6.54 Å². The van der Waals surface area contributed by atoms with Gasteiger partial charge in [0.2, 0.25) is 5.91 Å². The van der Waals surface area contributed by atoms with Crippen LogP contribution in [-0.4, -0.2) is 37.0 Å². The predicted molar refractivity (Wildman–Crippen MR) is 78.7 cm³/mol. The summed E-state index contributed by atoms with van der Waals surface area (Å²) in [6, 6.07) is 0. The van der Waals surface area contributed by atoms with Crippen LogP contribution in [0.3, 0.4) is 0 Å². The molecule has 0 heterocycles. The van der Waals surface area contributed by atoms with Crippen molar-refractivity contribution in [1.29, 1.82) is 0 Å². The van der Waals surface area contributed by atoms with Gasteiger partial charge in [-0.1, -0.05) is 33.3 Å². The van der Waals surface area contributed by atoms with Crippen LogP contribution in [0.2, 0.25) is 0 Å². The average Bonchev–Trinajstić information content (AvgIpc) is 2.40. The first-order chi connectivity index (χ1) is 8.74. The lowest BCUT2D eigenvalue weighted by molar-refractivity contribution is -0.116. The molecule has 0 aliphatic carbocycles. The fourth-order valence-corrected chi connectivity index (χ4v) is 1.84. The van der Waals surface area contributed by atoms with Gasteiger partial charge in [-0.15, -0.1) is 0 Å². The first-order valence-electron chi connectivity index (χ1n) is 7.37.